The lowest BCUT2D eigenvalue weighted by Gasteiger charge is -2.18. The van der Waals surface area contributed by atoms with Crippen molar-refractivity contribution in [3.05, 3.63) is 38.6 Å². The van der Waals surface area contributed by atoms with E-state index in [1.807, 2.05) is 19.1 Å². The van der Waals surface area contributed by atoms with Gasteiger partial charge in [-0.2, -0.15) is 0 Å². The van der Waals surface area contributed by atoms with Crippen LogP contribution in [0.1, 0.15) is 36.8 Å². The Morgan fingerprint density at radius 1 is 1.30 bits per heavy atom. The Labute approximate surface area is 133 Å². The van der Waals surface area contributed by atoms with E-state index in [9.17, 15) is 0 Å². The van der Waals surface area contributed by atoms with Crippen LogP contribution in [-0.2, 0) is 4.74 Å². The number of hydrogen-bond acceptors (Lipinski definition) is 3. The summed E-state index contributed by atoms with van der Waals surface area (Å²) < 4.78 is 6.94. The van der Waals surface area contributed by atoms with Crippen molar-refractivity contribution >= 4 is 27.3 Å². The van der Waals surface area contributed by atoms with E-state index in [2.05, 4.69) is 48.8 Å². The van der Waals surface area contributed by atoms with Gasteiger partial charge in [-0.25, -0.2) is 4.98 Å². The number of aryl methyl sites for hydroxylation is 1. The van der Waals surface area contributed by atoms with Crippen LogP contribution in [0.5, 0.6) is 0 Å². The first-order valence-corrected chi connectivity index (χ1v) is 8.49. The standard InChI is InChI=1S/C16H20BrNOS/c1-5-19-15(10(2)3)16-18-14(11(4)20-16)12-8-6-7-9-13(12)17/h6-10,15H,5H2,1-4H3. The number of halogens is 1. The highest BCUT2D eigenvalue weighted by Crippen LogP contribution is 2.37. The van der Waals surface area contributed by atoms with Gasteiger partial charge in [0.05, 0.1) is 5.69 Å². The van der Waals surface area contributed by atoms with Crippen LogP contribution in [0.2, 0.25) is 0 Å². The first-order valence-electron chi connectivity index (χ1n) is 6.88. The van der Waals surface area contributed by atoms with Crippen molar-refractivity contribution in [2.75, 3.05) is 6.61 Å². The molecule has 0 aliphatic heterocycles. The third-order valence-corrected chi connectivity index (χ3v) is 4.86. The Bertz CT molecular complexity index is 580. The molecule has 1 aromatic heterocycles. The summed E-state index contributed by atoms with van der Waals surface area (Å²) in [4.78, 5) is 6.08. The first-order chi connectivity index (χ1) is 9.54. The average Bonchev–Trinajstić information content (AvgIpc) is 2.78. The molecule has 20 heavy (non-hydrogen) atoms. The maximum absolute atomic E-state index is 5.86. The van der Waals surface area contributed by atoms with E-state index >= 15 is 0 Å². The van der Waals surface area contributed by atoms with Crippen molar-refractivity contribution in [2.24, 2.45) is 5.92 Å². The normalized spacial score (nSPS) is 12.9. The van der Waals surface area contributed by atoms with Gasteiger partial charge >= 0.3 is 0 Å². The predicted octanol–water partition coefficient (Wildman–Crippen LogP) is 5.61. The monoisotopic (exact) mass is 353 g/mol. The lowest BCUT2D eigenvalue weighted by Crippen LogP contribution is -2.10. The molecule has 1 aromatic carbocycles. The summed E-state index contributed by atoms with van der Waals surface area (Å²) in [5.74, 6) is 0.424. The van der Waals surface area contributed by atoms with E-state index in [1.165, 1.54) is 4.88 Å². The zero-order valence-corrected chi connectivity index (χ0v) is 14.7. The van der Waals surface area contributed by atoms with Gasteiger partial charge < -0.3 is 4.74 Å². The zero-order chi connectivity index (χ0) is 14.7. The molecule has 0 N–H and O–H groups in total. The van der Waals surface area contributed by atoms with Gasteiger partial charge in [-0.3, -0.25) is 0 Å². The van der Waals surface area contributed by atoms with Crippen LogP contribution in [-0.4, -0.2) is 11.6 Å². The minimum Gasteiger partial charge on any atom is -0.371 e. The number of thiazole rings is 1. The van der Waals surface area contributed by atoms with Crippen molar-refractivity contribution in [3.8, 4) is 11.3 Å². The molecule has 0 aliphatic carbocycles. The highest BCUT2D eigenvalue weighted by atomic mass is 79.9. The molecule has 0 spiro atoms. The smallest absolute Gasteiger partial charge is 0.123 e. The largest absolute Gasteiger partial charge is 0.371 e. The van der Waals surface area contributed by atoms with Crippen molar-refractivity contribution in [1.82, 2.24) is 4.98 Å². The molecule has 2 rings (SSSR count). The maximum atomic E-state index is 5.86. The number of benzene rings is 1. The minimum absolute atomic E-state index is 0.0833. The van der Waals surface area contributed by atoms with E-state index in [-0.39, 0.29) is 6.10 Å². The van der Waals surface area contributed by atoms with Gasteiger partial charge in [0.2, 0.25) is 0 Å². The van der Waals surface area contributed by atoms with Gasteiger partial charge in [-0.1, -0.05) is 48.0 Å². The molecule has 2 nitrogen and oxygen atoms in total. The van der Waals surface area contributed by atoms with Crippen molar-refractivity contribution in [3.63, 3.8) is 0 Å². The second-order valence-corrected chi connectivity index (χ2v) is 7.15. The average molecular weight is 354 g/mol. The summed E-state index contributed by atoms with van der Waals surface area (Å²) in [6, 6.07) is 8.21. The highest BCUT2D eigenvalue weighted by molar-refractivity contribution is 9.10. The number of aromatic nitrogens is 1. The minimum atomic E-state index is 0.0833. The van der Waals surface area contributed by atoms with Crippen LogP contribution >= 0.6 is 27.3 Å². The molecule has 0 fully saturated rings. The Morgan fingerprint density at radius 3 is 2.60 bits per heavy atom. The van der Waals surface area contributed by atoms with Gasteiger partial charge in [0.25, 0.3) is 0 Å². The lowest BCUT2D eigenvalue weighted by atomic mass is 10.1. The van der Waals surface area contributed by atoms with Gasteiger partial charge in [0.15, 0.2) is 0 Å². The molecule has 0 saturated carbocycles. The number of rotatable bonds is 5. The van der Waals surface area contributed by atoms with Crippen LogP contribution < -0.4 is 0 Å². The third kappa shape index (κ3) is 3.30. The van der Waals surface area contributed by atoms with E-state index in [1.54, 1.807) is 11.3 Å². The van der Waals surface area contributed by atoms with Crippen LogP contribution in [0.4, 0.5) is 0 Å². The third-order valence-electron chi connectivity index (χ3n) is 3.14. The Hall–Kier alpha value is -0.710. The highest BCUT2D eigenvalue weighted by Gasteiger charge is 2.22. The van der Waals surface area contributed by atoms with Crippen molar-refractivity contribution < 1.29 is 4.74 Å². The summed E-state index contributed by atoms with van der Waals surface area (Å²) in [7, 11) is 0. The molecule has 4 heteroatoms. The molecule has 0 bridgehead atoms. The van der Waals surface area contributed by atoms with Crippen LogP contribution in [0, 0.1) is 12.8 Å². The first kappa shape index (κ1) is 15.7. The van der Waals surface area contributed by atoms with Crippen molar-refractivity contribution in [1.29, 1.82) is 0 Å². The number of ether oxygens (including phenoxy) is 1. The molecule has 1 heterocycles. The SMILES string of the molecule is CCOC(c1nc(-c2ccccc2Br)c(C)s1)C(C)C. The summed E-state index contributed by atoms with van der Waals surface area (Å²) in [6.45, 7) is 9.22. The van der Waals surface area contributed by atoms with E-state index in [0.29, 0.717) is 12.5 Å². The Kier molecular flexibility index (Phi) is 5.35. The molecule has 1 unspecified atom stereocenters. The molecular formula is C16H20BrNOS. The maximum Gasteiger partial charge on any atom is 0.123 e. The van der Waals surface area contributed by atoms with Crippen LogP contribution in [0.15, 0.2) is 28.7 Å². The fourth-order valence-electron chi connectivity index (χ4n) is 2.17. The quantitative estimate of drug-likeness (QED) is 0.696. The zero-order valence-electron chi connectivity index (χ0n) is 12.3. The Balaban J connectivity index is 2.41. The van der Waals surface area contributed by atoms with Gasteiger partial charge in [0.1, 0.15) is 11.1 Å². The van der Waals surface area contributed by atoms with Crippen LogP contribution in [0.3, 0.4) is 0 Å². The molecule has 0 aliphatic rings. The van der Waals surface area contributed by atoms with E-state index in [0.717, 1.165) is 20.7 Å². The second kappa shape index (κ2) is 6.83. The van der Waals surface area contributed by atoms with E-state index < -0.39 is 0 Å². The molecule has 0 radical (unpaired) electrons. The number of hydrogen-bond donors (Lipinski definition) is 0. The van der Waals surface area contributed by atoms with Gasteiger partial charge in [0, 0.05) is 21.5 Å². The fraction of sp³-hybridized carbons (Fsp3) is 0.438. The molecular weight excluding hydrogens is 334 g/mol. The Morgan fingerprint density at radius 2 is 2.00 bits per heavy atom. The summed E-state index contributed by atoms with van der Waals surface area (Å²) in [6.07, 6.45) is 0.0833. The summed E-state index contributed by atoms with van der Waals surface area (Å²) in [5.41, 5.74) is 2.20. The summed E-state index contributed by atoms with van der Waals surface area (Å²) in [5, 5.41) is 1.07. The topological polar surface area (TPSA) is 22.1 Å². The van der Waals surface area contributed by atoms with Crippen LogP contribution in [0.25, 0.3) is 11.3 Å². The van der Waals surface area contributed by atoms with E-state index in [4.69, 9.17) is 9.72 Å². The van der Waals surface area contributed by atoms with Gasteiger partial charge in [-0.15, -0.1) is 11.3 Å². The molecule has 108 valence electrons. The van der Waals surface area contributed by atoms with Crippen molar-refractivity contribution in [2.45, 2.75) is 33.8 Å². The molecule has 0 amide bonds. The number of nitrogens with zero attached hydrogens (tertiary/aromatic N) is 1. The molecule has 2 aromatic rings. The molecule has 1 atom stereocenters. The molecule has 0 saturated heterocycles. The second-order valence-electron chi connectivity index (χ2n) is 5.06. The summed E-state index contributed by atoms with van der Waals surface area (Å²) >= 11 is 5.34. The fourth-order valence-corrected chi connectivity index (χ4v) is 3.80. The predicted molar refractivity (Wildman–Crippen MR) is 89.2 cm³/mol. The van der Waals surface area contributed by atoms with Gasteiger partial charge in [-0.05, 0) is 25.8 Å². The lowest BCUT2D eigenvalue weighted by molar-refractivity contribution is 0.0293.